The summed E-state index contributed by atoms with van der Waals surface area (Å²) in [4.78, 5) is 26.0. The number of rotatable bonds is 17. The highest BCUT2D eigenvalue weighted by Crippen LogP contribution is 2.46. The molecule has 0 aliphatic carbocycles. The van der Waals surface area contributed by atoms with Crippen molar-refractivity contribution in [2.45, 2.75) is 121 Å². The van der Waals surface area contributed by atoms with E-state index in [9.17, 15) is 15.0 Å². The predicted molar refractivity (Wildman–Crippen MR) is 211 cm³/mol. The molecule has 5 heterocycles. The van der Waals surface area contributed by atoms with Crippen molar-refractivity contribution >= 4 is 39.5 Å². The quantitative estimate of drug-likeness (QED) is 0.0608. The van der Waals surface area contributed by atoms with Crippen LogP contribution in [0, 0.1) is 0 Å². The molecule has 1 amide bonds. The van der Waals surface area contributed by atoms with Gasteiger partial charge in [-0.05, 0) is 64.6 Å². The fourth-order valence-corrected chi connectivity index (χ4v) is 8.71. The number of carbonyl (C=O) groups is 1. The highest BCUT2D eigenvalue weighted by molar-refractivity contribution is 6.76. The van der Waals surface area contributed by atoms with Crippen molar-refractivity contribution in [2.75, 3.05) is 38.2 Å². The van der Waals surface area contributed by atoms with Crippen molar-refractivity contribution in [1.29, 1.82) is 0 Å². The monoisotopic (exact) mass is 752 g/mol. The number of amides is 1. The van der Waals surface area contributed by atoms with Crippen LogP contribution in [0.4, 0.5) is 10.6 Å². The Morgan fingerprint density at radius 2 is 1.60 bits per heavy atom. The highest BCUT2D eigenvalue weighted by Gasteiger charge is 2.45. The summed E-state index contributed by atoms with van der Waals surface area (Å²) in [5.74, 6) is 1.17. The second-order valence-electron chi connectivity index (χ2n) is 17.3. The summed E-state index contributed by atoms with van der Waals surface area (Å²) >= 11 is 0. The van der Waals surface area contributed by atoms with Crippen LogP contribution in [-0.4, -0.2) is 102 Å². The van der Waals surface area contributed by atoms with Gasteiger partial charge in [-0.25, -0.2) is 9.78 Å². The fourth-order valence-electron chi connectivity index (χ4n) is 7.19. The number of piperidine rings is 1. The average Bonchev–Trinajstić information content (AvgIpc) is 3.59. The molecule has 0 radical (unpaired) electrons. The molecule has 0 unspecified atom stereocenters. The Hall–Kier alpha value is -3.31. The van der Waals surface area contributed by atoms with Crippen LogP contribution in [0.2, 0.25) is 51.4 Å². The largest absolute Gasteiger partial charge is 0.494 e. The molecule has 0 aromatic carbocycles. The van der Waals surface area contributed by atoms with E-state index < -0.39 is 27.8 Å². The van der Waals surface area contributed by atoms with E-state index in [1.165, 1.54) is 0 Å². The number of pyridine rings is 1. The molecule has 3 atom stereocenters. The summed E-state index contributed by atoms with van der Waals surface area (Å²) in [6.45, 7) is 26.1. The van der Waals surface area contributed by atoms with E-state index >= 15 is 0 Å². The van der Waals surface area contributed by atoms with Crippen LogP contribution >= 0.6 is 0 Å². The Balaban J connectivity index is 1.69. The maximum Gasteiger partial charge on any atom is 0.407 e. The maximum atomic E-state index is 12.3. The third-order valence-electron chi connectivity index (χ3n) is 10.1. The van der Waals surface area contributed by atoms with Gasteiger partial charge in [-0.1, -0.05) is 51.9 Å². The molecule has 286 valence electrons. The molecule has 2 aliphatic rings. The summed E-state index contributed by atoms with van der Waals surface area (Å²) in [5.41, 5.74) is 3.29. The third kappa shape index (κ3) is 9.43. The fraction of sp³-hybridized carbons (Fsp3) is 0.632. The van der Waals surface area contributed by atoms with Gasteiger partial charge < -0.3 is 34.2 Å². The van der Waals surface area contributed by atoms with Crippen LogP contribution in [0.25, 0.3) is 22.5 Å². The minimum Gasteiger partial charge on any atom is -0.494 e. The van der Waals surface area contributed by atoms with Crippen LogP contribution in [-0.2, 0) is 19.8 Å². The molecule has 3 aromatic rings. The summed E-state index contributed by atoms with van der Waals surface area (Å²) in [5, 5.41) is 25.6. The van der Waals surface area contributed by atoms with Gasteiger partial charge in [-0.15, -0.1) is 0 Å². The minimum atomic E-state index is -1.35. The van der Waals surface area contributed by atoms with E-state index in [0.29, 0.717) is 49.8 Å². The number of aromatic nitrogens is 4. The zero-order valence-electron chi connectivity index (χ0n) is 32.7. The summed E-state index contributed by atoms with van der Waals surface area (Å²) in [7, 11) is -2.69. The Labute approximate surface area is 311 Å². The van der Waals surface area contributed by atoms with Crippen LogP contribution < -0.4 is 4.90 Å². The number of anilines is 1. The van der Waals surface area contributed by atoms with Gasteiger partial charge in [0.1, 0.15) is 30.6 Å². The molecule has 14 heteroatoms. The normalized spacial score (nSPS) is 19.3. The molecular formula is C38H60N6O6Si2. The van der Waals surface area contributed by atoms with E-state index in [2.05, 4.69) is 55.7 Å². The van der Waals surface area contributed by atoms with E-state index in [1.807, 2.05) is 23.6 Å². The standard InChI is InChI=1S/C38H60N6O6Si2/c1-11-50-26(2)33-34(28-20-29-13-14-30(21-28)43(29)37(45)46)41-35-31(27-12-15-32(39-22-27)38(3,4)47)23-40-44(35)36(33)42(24-48-16-18-51(5,6)7)25-49-17-19-52(8,9)10/h12,15,22-23,28-30,47H,2,11,13-14,16-21,24-25H2,1,3-10H3,(H,45,46)/t28-,29-,30+. The van der Waals surface area contributed by atoms with E-state index in [1.54, 1.807) is 31.1 Å². The molecule has 5 rings (SSSR count). The average molecular weight is 753 g/mol. The number of carboxylic acid groups (broad SMARTS) is 1. The summed E-state index contributed by atoms with van der Waals surface area (Å²) in [6.07, 6.45) is 5.68. The highest BCUT2D eigenvalue weighted by atomic mass is 28.3. The van der Waals surface area contributed by atoms with E-state index in [-0.39, 0.29) is 31.5 Å². The molecule has 12 nitrogen and oxygen atoms in total. The lowest BCUT2D eigenvalue weighted by Crippen LogP contribution is -2.45. The van der Waals surface area contributed by atoms with Gasteiger partial charge in [-0.3, -0.25) is 4.98 Å². The lowest BCUT2D eigenvalue weighted by Gasteiger charge is -2.38. The number of nitrogens with zero attached hydrogens (tertiary/aromatic N) is 6. The van der Waals surface area contributed by atoms with Crippen molar-refractivity contribution in [3.63, 3.8) is 0 Å². The summed E-state index contributed by atoms with van der Waals surface area (Å²) in [6, 6.07) is 5.66. The van der Waals surface area contributed by atoms with E-state index in [4.69, 9.17) is 24.3 Å². The predicted octanol–water partition coefficient (Wildman–Crippen LogP) is 7.85. The molecule has 2 fully saturated rings. The second kappa shape index (κ2) is 16.0. The smallest absolute Gasteiger partial charge is 0.407 e. The van der Waals surface area contributed by atoms with Gasteiger partial charge in [0.2, 0.25) is 0 Å². The maximum absolute atomic E-state index is 12.3. The third-order valence-corrected chi connectivity index (χ3v) is 13.5. The second-order valence-corrected chi connectivity index (χ2v) is 28.6. The topological polar surface area (TPSA) is 135 Å². The lowest BCUT2D eigenvalue weighted by atomic mass is 9.85. The van der Waals surface area contributed by atoms with Gasteiger partial charge in [0.05, 0.1) is 29.8 Å². The van der Waals surface area contributed by atoms with Gasteiger partial charge in [0, 0.05) is 64.7 Å². The molecule has 0 spiro atoms. The first-order chi connectivity index (χ1) is 24.4. The Morgan fingerprint density at radius 1 is 1.00 bits per heavy atom. The SMILES string of the molecule is C=C(OCC)c1c([C@@H]2C[C@H]3CC[C@@H](C2)N3C(=O)O)nc2c(-c3ccc(C(C)(C)O)nc3)cnn2c1N(COCC[Si](C)(C)C)COCC[Si](C)(C)C. The molecule has 0 saturated carbocycles. The molecule has 2 N–H and O–H groups in total. The zero-order chi connectivity index (χ0) is 38.0. The van der Waals surface area contributed by atoms with Gasteiger partial charge in [0.15, 0.2) is 5.65 Å². The van der Waals surface area contributed by atoms with Gasteiger partial charge in [0.25, 0.3) is 0 Å². The van der Waals surface area contributed by atoms with Crippen LogP contribution in [0.5, 0.6) is 0 Å². The Bertz CT molecular complexity index is 1680. The van der Waals surface area contributed by atoms with E-state index in [0.717, 1.165) is 53.1 Å². The van der Waals surface area contributed by atoms with Gasteiger partial charge >= 0.3 is 6.09 Å². The van der Waals surface area contributed by atoms with Crippen molar-refractivity contribution < 1.29 is 29.2 Å². The molecule has 2 bridgehead atoms. The molecule has 2 aliphatic heterocycles. The van der Waals surface area contributed by atoms with Crippen molar-refractivity contribution in [3.05, 3.63) is 48.1 Å². The number of fused-ring (bicyclic) bond motifs is 3. The molecule has 3 aromatic heterocycles. The van der Waals surface area contributed by atoms with Crippen LogP contribution in [0.3, 0.4) is 0 Å². The van der Waals surface area contributed by atoms with Crippen molar-refractivity contribution in [3.8, 4) is 11.1 Å². The molecule has 2 saturated heterocycles. The van der Waals surface area contributed by atoms with Gasteiger partial charge in [-0.2, -0.15) is 9.61 Å². The number of aliphatic hydroxyl groups is 1. The molecular weight excluding hydrogens is 693 g/mol. The first-order valence-electron chi connectivity index (χ1n) is 18.7. The minimum absolute atomic E-state index is 0.0371. The van der Waals surface area contributed by atoms with Crippen molar-refractivity contribution in [2.24, 2.45) is 0 Å². The first kappa shape index (κ1) is 39.9. The Morgan fingerprint density at radius 3 is 2.08 bits per heavy atom. The summed E-state index contributed by atoms with van der Waals surface area (Å²) < 4.78 is 20.9. The molecule has 52 heavy (non-hydrogen) atoms. The lowest BCUT2D eigenvalue weighted by molar-refractivity contribution is 0.0738. The number of hydrogen-bond donors (Lipinski definition) is 2. The van der Waals surface area contributed by atoms with Crippen LogP contribution in [0.15, 0.2) is 31.1 Å². The Kier molecular flexibility index (Phi) is 12.3. The number of ether oxygens (including phenoxy) is 3. The van der Waals surface area contributed by atoms with Crippen LogP contribution in [0.1, 0.15) is 69.3 Å². The van der Waals surface area contributed by atoms with Crippen molar-refractivity contribution in [1.82, 2.24) is 24.5 Å². The number of hydrogen-bond acceptors (Lipinski definition) is 9. The zero-order valence-corrected chi connectivity index (χ0v) is 34.7. The first-order valence-corrected chi connectivity index (χ1v) is 26.1.